The first-order valence-electron chi connectivity index (χ1n) is 6.08. The highest BCUT2D eigenvalue weighted by Gasteiger charge is 2.05. The summed E-state index contributed by atoms with van der Waals surface area (Å²) in [5.41, 5.74) is 0. The fraction of sp³-hybridized carbons (Fsp3) is 1.00. The molecule has 0 spiro atoms. The van der Waals surface area contributed by atoms with Gasteiger partial charge in [0, 0.05) is 53.2 Å². The maximum Gasteiger partial charge on any atom is 0.148 e. The molecule has 18 heavy (non-hydrogen) atoms. The van der Waals surface area contributed by atoms with E-state index in [1.165, 1.54) is 6.26 Å². The van der Waals surface area contributed by atoms with E-state index < -0.39 is 9.84 Å². The van der Waals surface area contributed by atoms with Crippen LogP contribution in [0.5, 0.6) is 0 Å². The van der Waals surface area contributed by atoms with Gasteiger partial charge in [-0.2, -0.15) is 0 Å². The molecule has 1 N–H and O–H groups in total. The summed E-state index contributed by atoms with van der Waals surface area (Å²) in [7, 11) is 0.490. The van der Waals surface area contributed by atoms with Crippen LogP contribution < -0.4 is 5.32 Å². The van der Waals surface area contributed by atoms with Crippen molar-refractivity contribution < 1.29 is 17.9 Å². The highest BCUT2D eigenvalue weighted by atomic mass is 32.2. The molecule has 0 unspecified atom stereocenters. The largest absolute Gasteiger partial charge is 0.383 e. The van der Waals surface area contributed by atoms with Crippen LogP contribution in [-0.4, -0.2) is 85.5 Å². The van der Waals surface area contributed by atoms with E-state index >= 15 is 0 Å². The van der Waals surface area contributed by atoms with Crippen LogP contribution in [0.1, 0.15) is 0 Å². The number of hydrogen-bond acceptors (Lipinski definition) is 6. The summed E-state index contributed by atoms with van der Waals surface area (Å²) in [5.74, 6) is 0.184. The van der Waals surface area contributed by atoms with Crippen molar-refractivity contribution in [3.05, 3.63) is 0 Å². The van der Waals surface area contributed by atoms with Crippen LogP contribution in [0.4, 0.5) is 0 Å². The average Bonchev–Trinajstić information content (AvgIpc) is 2.29. The summed E-state index contributed by atoms with van der Waals surface area (Å²) in [6.45, 7) is 5.21. The molecule has 0 radical (unpaired) electrons. The lowest BCUT2D eigenvalue weighted by molar-refractivity contribution is 0.114. The Kier molecular flexibility index (Phi) is 10.6. The Balaban J connectivity index is 3.67. The summed E-state index contributed by atoms with van der Waals surface area (Å²) in [4.78, 5) is 2.22. The zero-order valence-corrected chi connectivity index (χ0v) is 12.5. The number of sulfone groups is 1. The Labute approximate surface area is 111 Å². The first-order valence-corrected chi connectivity index (χ1v) is 8.14. The molecule has 7 heteroatoms. The van der Waals surface area contributed by atoms with Gasteiger partial charge >= 0.3 is 0 Å². The third kappa shape index (κ3) is 12.3. The first kappa shape index (κ1) is 17.8. The van der Waals surface area contributed by atoms with Gasteiger partial charge < -0.3 is 14.8 Å². The minimum absolute atomic E-state index is 0.184. The molecule has 0 bridgehead atoms. The molecule has 110 valence electrons. The van der Waals surface area contributed by atoms with Crippen molar-refractivity contribution in [2.24, 2.45) is 0 Å². The van der Waals surface area contributed by atoms with E-state index in [2.05, 4.69) is 10.2 Å². The van der Waals surface area contributed by atoms with Crippen molar-refractivity contribution in [2.45, 2.75) is 0 Å². The first-order chi connectivity index (χ1) is 8.49. The van der Waals surface area contributed by atoms with E-state index in [1.54, 1.807) is 14.2 Å². The molecule has 0 atom stereocenters. The number of hydrogen-bond donors (Lipinski definition) is 1. The van der Waals surface area contributed by atoms with E-state index in [-0.39, 0.29) is 5.75 Å². The lowest BCUT2D eigenvalue weighted by Crippen LogP contribution is -2.37. The van der Waals surface area contributed by atoms with Crippen LogP contribution in [0, 0.1) is 0 Å². The molecule has 0 fully saturated rings. The number of nitrogens with one attached hydrogen (secondary N) is 1. The molecule has 0 amide bonds. The quantitative estimate of drug-likeness (QED) is 0.474. The van der Waals surface area contributed by atoms with Gasteiger partial charge in [0.25, 0.3) is 0 Å². The zero-order valence-electron chi connectivity index (χ0n) is 11.6. The van der Waals surface area contributed by atoms with Crippen LogP contribution in [0.2, 0.25) is 0 Å². The number of ether oxygens (including phenoxy) is 2. The smallest absolute Gasteiger partial charge is 0.148 e. The van der Waals surface area contributed by atoms with Gasteiger partial charge in [-0.3, -0.25) is 4.90 Å². The van der Waals surface area contributed by atoms with E-state index in [0.717, 1.165) is 26.2 Å². The highest BCUT2D eigenvalue weighted by molar-refractivity contribution is 7.90. The summed E-state index contributed by atoms with van der Waals surface area (Å²) in [6.07, 6.45) is 1.25. The van der Waals surface area contributed by atoms with Crippen molar-refractivity contribution in [3.63, 3.8) is 0 Å². The van der Waals surface area contributed by atoms with E-state index in [4.69, 9.17) is 9.47 Å². The van der Waals surface area contributed by atoms with Gasteiger partial charge in [0.1, 0.15) is 9.84 Å². The zero-order chi connectivity index (χ0) is 13.9. The van der Waals surface area contributed by atoms with Crippen molar-refractivity contribution in [1.29, 1.82) is 0 Å². The standard InChI is InChI=1S/C11H26N2O4S/c1-16-9-7-13(8-10-17-2)6-4-12-5-11-18(3,14)15/h12H,4-11H2,1-3H3. The van der Waals surface area contributed by atoms with Crippen LogP contribution in [0.3, 0.4) is 0 Å². The molecular formula is C11H26N2O4S. The van der Waals surface area contributed by atoms with Gasteiger partial charge in [-0.05, 0) is 0 Å². The second kappa shape index (κ2) is 10.7. The second-order valence-corrected chi connectivity index (χ2v) is 6.47. The van der Waals surface area contributed by atoms with Crippen LogP contribution in [0.25, 0.3) is 0 Å². The molecule has 0 saturated carbocycles. The van der Waals surface area contributed by atoms with Gasteiger partial charge in [0.15, 0.2) is 0 Å². The summed E-state index contributed by atoms with van der Waals surface area (Å²) in [5, 5.41) is 3.12. The normalized spacial score (nSPS) is 12.2. The predicted octanol–water partition coefficient (Wildman–Crippen LogP) is -0.785. The van der Waals surface area contributed by atoms with Crippen LogP contribution >= 0.6 is 0 Å². The Hall–Kier alpha value is -0.210. The Bertz CT molecular complexity index is 275. The lowest BCUT2D eigenvalue weighted by Gasteiger charge is -2.21. The molecular weight excluding hydrogens is 256 g/mol. The monoisotopic (exact) mass is 282 g/mol. The molecule has 0 aliphatic rings. The second-order valence-electron chi connectivity index (χ2n) is 4.21. The Morgan fingerprint density at radius 3 is 2.00 bits per heavy atom. The maximum absolute atomic E-state index is 10.9. The third-order valence-corrected chi connectivity index (χ3v) is 3.42. The molecule has 0 aromatic carbocycles. The van der Waals surface area contributed by atoms with Gasteiger partial charge in [0.05, 0.1) is 19.0 Å². The topological polar surface area (TPSA) is 67.9 Å². The van der Waals surface area contributed by atoms with Crippen molar-refractivity contribution >= 4 is 9.84 Å². The van der Waals surface area contributed by atoms with E-state index in [0.29, 0.717) is 19.8 Å². The molecule has 0 aromatic rings. The SMILES string of the molecule is COCCN(CCNCCS(C)(=O)=O)CCOC. The maximum atomic E-state index is 10.9. The predicted molar refractivity (Wildman–Crippen MR) is 72.8 cm³/mol. The van der Waals surface area contributed by atoms with Gasteiger partial charge in [-0.1, -0.05) is 0 Å². The van der Waals surface area contributed by atoms with Crippen molar-refractivity contribution in [2.75, 3.05) is 72.2 Å². The highest BCUT2D eigenvalue weighted by Crippen LogP contribution is 1.88. The molecule has 0 aromatic heterocycles. The number of methoxy groups -OCH3 is 2. The minimum atomic E-state index is -2.87. The molecule has 0 rings (SSSR count). The minimum Gasteiger partial charge on any atom is -0.383 e. The average molecular weight is 282 g/mol. The lowest BCUT2D eigenvalue weighted by atomic mass is 10.4. The van der Waals surface area contributed by atoms with E-state index in [9.17, 15) is 8.42 Å². The van der Waals surface area contributed by atoms with E-state index in [1.807, 2.05) is 0 Å². The van der Waals surface area contributed by atoms with Crippen LogP contribution in [0.15, 0.2) is 0 Å². The van der Waals surface area contributed by atoms with Crippen molar-refractivity contribution in [1.82, 2.24) is 10.2 Å². The summed E-state index contributed by atoms with van der Waals surface area (Å²) in [6, 6.07) is 0. The molecule has 0 aliphatic heterocycles. The molecule has 0 aliphatic carbocycles. The fourth-order valence-electron chi connectivity index (χ4n) is 1.40. The van der Waals surface area contributed by atoms with Crippen LogP contribution in [-0.2, 0) is 19.3 Å². The van der Waals surface area contributed by atoms with Crippen molar-refractivity contribution in [3.8, 4) is 0 Å². The number of nitrogens with zero attached hydrogens (tertiary/aromatic N) is 1. The Morgan fingerprint density at radius 2 is 1.56 bits per heavy atom. The van der Waals surface area contributed by atoms with Gasteiger partial charge in [0.2, 0.25) is 0 Å². The van der Waals surface area contributed by atoms with Gasteiger partial charge in [-0.15, -0.1) is 0 Å². The fourth-order valence-corrected chi connectivity index (χ4v) is 1.91. The third-order valence-electron chi connectivity index (χ3n) is 2.48. The Morgan fingerprint density at radius 1 is 1.00 bits per heavy atom. The molecule has 6 nitrogen and oxygen atoms in total. The summed E-state index contributed by atoms with van der Waals surface area (Å²) < 4.78 is 31.9. The number of rotatable bonds is 12. The molecule has 0 heterocycles. The van der Waals surface area contributed by atoms with Gasteiger partial charge in [-0.25, -0.2) is 8.42 Å². The summed E-state index contributed by atoms with van der Waals surface area (Å²) >= 11 is 0. The molecule has 0 saturated heterocycles.